The highest BCUT2D eigenvalue weighted by molar-refractivity contribution is 6.10. The van der Waals surface area contributed by atoms with Crippen LogP contribution in [-0.2, 0) is 32.0 Å². The molecule has 0 aromatic heterocycles. The number of nitrogens with one attached hydrogen (secondary N) is 1. The molecule has 0 bridgehead atoms. The Morgan fingerprint density at radius 2 is 1.39 bits per heavy atom. The Labute approximate surface area is 201 Å². The van der Waals surface area contributed by atoms with Crippen LogP contribution in [0.4, 0.5) is 0 Å². The Kier molecular flexibility index (Phi) is 16.5. The van der Waals surface area contributed by atoms with Gasteiger partial charge in [-0.3, -0.25) is 9.59 Å². The number of carbonyl (C=O) groups is 3. The van der Waals surface area contributed by atoms with Gasteiger partial charge in [-0.15, -0.1) is 12.8 Å². The molecule has 0 spiro atoms. The first kappa shape index (κ1) is 30.4. The van der Waals surface area contributed by atoms with Gasteiger partial charge in [0.25, 0.3) is 0 Å². The van der Waals surface area contributed by atoms with E-state index >= 15 is 0 Å². The van der Waals surface area contributed by atoms with Gasteiger partial charge in [-0.25, -0.2) is 4.79 Å². The smallest absolute Gasteiger partial charge is 0.339 e. The first-order valence-corrected chi connectivity index (χ1v) is 12.3. The summed E-state index contributed by atoms with van der Waals surface area (Å²) in [6.45, 7) is 7.29. The molecule has 0 heterocycles. The Morgan fingerprint density at radius 1 is 0.848 bits per heavy atom. The predicted molar refractivity (Wildman–Crippen MR) is 135 cm³/mol. The van der Waals surface area contributed by atoms with Crippen molar-refractivity contribution in [3.63, 3.8) is 0 Å². The largest absolute Gasteiger partial charge is 0.464 e. The lowest BCUT2D eigenvalue weighted by Crippen LogP contribution is -2.60. The molecule has 5 heteroatoms. The minimum Gasteiger partial charge on any atom is -0.464 e. The van der Waals surface area contributed by atoms with E-state index in [1.165, 1.54) is 51.0 Å². The third-order valence-corrected chi connectivity index (χ3v) is 5.60. The zero-order chi connectivity index (χ0) is 25.1. The number of carbonyl (C=O) groups excluding carboxylic acids is 3. The molecule has 184 valence electrons. The molecule has 0 radical (unpaired) electrons. The number of unbranched alkanes of at least 4 members (excludes halogenated alkanes) is 5. The van der Waals surface area contributed by atoms with Gasteiger partial charge in [-0.2, -0.15) is 0 Å². The van der Waals surface area contributed by atoms with Gasteiger partial charge in [0.2, 0.25) is 5.91 Å². The average Bonchev–Trinajstić information content (AvgIpc) is 2.81. The molecule has 0 saturated heterocycles. The van der Waals surface area contributed by atoms with E-state index in [4.69, 9.17) is 4.74 Å². The van der Waals surface area contributed by atoms with Crippen molar-refractivity contribution >= 4 is 17.7 Å². The quantitative estimate of drug-likeness (QED) is 0.152. The first-order chi connectivity index (χ1) is 15.9. The Balaban J connectivity index is 0.00000497. The summed E-state index contributed by atoms with van der Waals surface area (Å²) in [5, 5.41) is 2.63. The molecule has 1 aromatic rings. The van der Waals surface area contributed by atoms with Crippen molar-refractivity contribution in [3.8, 4) is 12.8 Å². The normalized spacial score (nSPS) is 12.1. The summed E-state index contributed by atoms with van der Waals surface area (Å²) in [4.78, 5) is 37.5. The van der Waals surface area contributed by atoms with E-state index in [1.54, 1.807) is 6.92 Å². The standard InChI is InChI=1S/C26H41NO4.C2H2/c1-5-8-9-10-11-12-14-22-15-17-23(18-16-22)19-20-26(27-21(4)28,24(29)13-6-2)25(30)31-7-3;1-2/h15-18H,5-14,19-20H2,1-4H3,(H,27,28);1-2H. The summed E-state index contributed by atoms with van der Waals surface area (Å²) >= 11 is 0. The van der Waals surface area contributed by atoms with Crippen LogP contribution in [0.25, 0.3) is 0 Å². The van der Waals surface area contributed by atoms with Crippen LogP contribution in [0.5, 0.6) is 0 Å². The maximum atomic E-state index is 12.9. The van der Waals surface area contributed by atoms with Crippen LogP contribution in [0, 0.1) is 12.8 Å². The minimum absolute atomic E-state index is 0.159. The van der Waals surface area contributed by atoms with E-state index < -0.39 is 17.4 Å². The van der Waals surface area contributed by atoms with E-state index in [0.717, 1.165) is 12.0 Å². The number of benzene rings is 1. The number of rotatable bonds is 16. The van der Waals surface area contributed by atoms with Gasteiger partial charge in [0.1, 0.15) is 0 Å². The van der Waals surface area contributed by atoms with Gasteiger partial charge in [0.15, 0.2) is 11.3 Å². The predicted octanol–water partition coefficient (Wildman–Crippen LogP) is 5.58. The number of ether oxygens (including phenoxy) is 1. The highest BCUT2D eigenvalue weighted by Crippen LogP contribution is 2.22. The molecular weight excluding hydrogens is 414 g/mol. The molecule has 1 atom stereocenters. The van der Waals surface area contributed by atoms with Crippen molar-refractivity contribution in [3.05, 3.63) is 35.4 Å². The summed E-state index contributed by atoms with van der Waals surface area (Å²) in [6, 6.07) is 8.36. The van der Waals surface area contributed by atoms with Crippen molar-refractivity contribution in [1.29, 1.82) is 0 Å². The van der Waals surface area contributed by atoms with Crippen LogP contribution in [-0.4, -0.2) is 29.8 Å². The van der Waals surface area contributed by atoms with E-state index in [2.05, 4.69) is 49.4 Å². The van der Waals surface area contributed by atoms with Gasteiger partial charge in [0, 0.05) is 13.3 Å². The average molecular weight is 458 g/mol. The molecule has 0 aliphatic carbocycles. The van der Waals surface area contributed by atoms with Crippen LogP contribution < -0.4 is 5.32 Å². The van der Waals surface area contributed by atoms with Crippen molar-refractivity contribution in [2.45, 2.75) is 104 Å². The Bertz CT molecular complexity index is 703. The molecule has 0 fully saturated rings. The highest BCUT2D eigenvalue weighted by atomic mass is 16.5. The third kappa shape index (κ3) is 11.2. The minimum atomic E-state index is -1.62. The first-order valence-electron chi connectivity index (χ1n) is 12.3. The molecule has 1 N–H and O–H groups in total. The number of esters is 1. The fourth-order valence-electron chi connectivity index (χ4n) is 3.85. The zero-order valence-corrected chi connectivity index (χ0v) is 21.1. The molecule has 0 aliphatic rings. The fraction of sp³-hybridized carbons (Fsp3) is 0.607. The second kappa shape index (κ2) is 17.9. The molecule has 33 heavy (non-hydrogen) atoms. The molecule has 0 aliphatic heterocycles. The molecule has 1 amide bonds. The number of terminal acetylenes is 1. The Hall–Kier alpha value is -2.61. The maximum Gasteiger partial charge on any atom is 0.339 e. The second-order valence-electron chi connectivity index (χ2n) is 8.31. The lowest BCUT2D eigenvalue weighted by molar-refractivity contribution is -0.158. The number of Topliss-reactive ketones (excluding diaryl/α,β-unsaturated/α-hetero) is 1. The molecule has 1 aromatic carbocycles. The lowest BCUT2D eigenvalue weighted by Gasteiger charge is -2.30. The third-order valence-electron chi connectivity index (χ3n) is 5.60. The molecule has 5 nitrogen and oxygen atoms in total. The van der Waals surface area contributed by atoms with Crippen LogP contribution in [0.3, 0.4) is 0 Å². The van der Waals surface area contributed by atoms with E-state index in [9.17, 15) is 14.4 Å². The monoisotopic (exact) mass is 457 g/mol. The molecule has 1 unspecified atom stereocenters. The van der Waals surface area contributed by atoms with Gasteiger partial charge >= 0.3 is 5.97 Å². The molecular formula is C28H43NO4. The van der Waals surface area contributed by atoms with Crippen LogP contribution in [0.15, 0.2) is 24.3 Å². The van der Waals surface area contributed by atoms with Crippen LogP contribution in [0.2, 0.25) is 0 Å². The number of hydrogen-bond acceptors (Lipinski definition) is 4. The van der Waals surface area contributed by atoms with Gasteiger partial charge in [-0.05, 0) is 50.2 Å². The Morgan fingerprint density at radius 3 is 1.91 bits per heavy atom. The van der Waals surface area contributed by atoms with Crippen molar-refractivity contribution < 1.29 is 19.1 Å². The summed E-state index contributed by atoms with van der Waals surface area (Å²) in [5.74, 6) is -1.36. The summed E-state index contributed by atoms with van der Waals surface area (Å²) < 4.78 is 5.19. The SMILES string of the molecule is C#C.CCCCCCCCc1ccc(CCC(NC(C)=O)(C(=O)CCC)C(=O)OCC)cc1. The highest BCUT2D eigenvalue weighted by Gasteiger charge is 2.46. The van der Waals surface area contributed by atoms with Gasteiger partial charge < -0.3 is 10.1 Å². The van der Waals surface area contributed by atoms with Crippen molar-refractivity contribution in [1.82, 2.24) is 5.32 Å². The number of ketones is 1. The van der Waals surface area contributed by atoms with E-state index in [1.807, 2.05) is 6.92 Å². The van der Waals surface area contributed by atoms with Gasteiger partial charge in [0.05, 0.1) is 6.61 Å². The number of hydrogen-bond donors (Lipinski definition) is 1. The summed E-state index contributed by atoms with van der Waals surface area (Å²) in [5.41, 5.74) is 0.726. The van der Waals surface area contributed by atoms with Crippen LogP contribution >= 0.6 is 0 Å². The number of amides is 1. The molecule has 1 rings (SSSR count). The van der Waals surface area contributed by atoms with E-state index in [0.29, 0.717) is 12.8 Å². The molecule has 0 saturated carbocycles. The fourth-order valence-corrected chi connectivity index (χ4v) is 3.85. The van der Waals surface area contributed by atoms with Crippen molar-refractivity contribution in [2.24, 2.45) is 0 Å². The lowest BCUT2D eigenvalue weighted by atomic mass is 9.84. The summed E-state index contributed by atoms with van der Waals surface area (Å²) in [7, 11) is 0. The second-order valence-corrected chi connectivity index (χ2v) is 8.31. The maximum absolute atomic E-state index is 12.9. The topological polar surface area (TPSA) is 72.5 Å². The number of aryl methyl sites for hydroxylation is 2. The zero-order valence-electron chi connectivity index (χ0n) is 21.1. The van der Waals surface area contributed by atoms with Gasteiger partial charge in [-0.1, -0.05) is 70.2 Å². The van der Waals surface area contributed by atoms with Crippen molar-refractivity contribution in [2.75, 3.05) is 6.61 Å². The van der Waals surface area contributed by atoms with E-state index in [-0.39, 0.29) is 25.2 Å². The summed E-state index contributed by atoms with van der Waals surface area (Å²) in [6.07, 6.45) is 18.3. The van der Waals surface area contributed by atoms with Crippen LogP contribution in [0.1, 0.15) is 96.6 Å².